The van der Waals surface area contributed by atoms with E-state index in [4.69, 9.17) is 5.73 Å². The molecule has 4 heteroatoms. The van der Waals surface area contributed by atoms with Gasteiger partial charge in [-0.25, -0.2) is 0 Å². The number of rotatable bonds is 5. The molecule has 4 nitrogen and oxygen atoms in total. The molecule has 100 valence electrons. The quantitative estimate of drug-likeness (QED) is 0.674. The maximum atomic E-state index is 11.8. The highest BCUT2D eigenvalue weighted by Crippen LogP contribution is 2.35. The van der Waals surface area contributed by atoms with Crippen molar-refractivity contribution in [3.63, 3.8) is 0 Å². The van der Waals surface area contributed by atoms with Gasteiger partial charge in [0.2, 0.25) is 5.91 Å². The van der Waals surface area contributed by atoms with E-state index >= 15 is 0 Å². The van der Waals surface area contributed by atoms with Crippen LogP contribution < -0.4 is 11.1 Å². The summed E-state index contributed by atoms with van der Waals surface area (Å²) in [4.78, 5) is 11.8. The van der Waals surface area contributed by atoms with Crippen LogP contribution in [-0.4, -0.2) is 30.2 Å². The number of hydrogen-bond acceptors (Lipinski definition) is 3. The fourth-order valence-electron chi connectivity index (χ4n) is 2.39. The molecule has 1 aliphatic carbocycles. The molecule has 1 saturated carbocycles. The van der Waals surface area contributed by atoms with E-state index in [1.807, 2.05) is 13.8 Å². The van der Waals surface area contributed by atoms with Gasteiger partial charge < -0.3 is 16.2 Å². The van der Waals surface area contributed by atoms with E-state index in [2.05, 4.69) is 5.32 Å². The minimum Gasteiger partial charge on any atom is -0.396 e. The fraction of sp³-hybridized carbons (Fsp3) is 0.923. The van der Waals surface area contributed by atoms with Gasteiger partial charge in [-0.15, -0.1) is 0 Å². The van der Waals surface area contributed by atoms with Crippen LogP contribution in [0.3, 0.4) is 0 Å². The summed E-state index contributed by atoms with van der Waals surface area (Å²) in [6.07, 6.45) is 5.53. The van der Waals surface area contributed by atoms with Gasteiger partial charge in [-0.3, -0.25) is 4.79 Å². The largest absolute Gasteiger partial charge is 0.396 e. The summed E-state index contributed by atoms with van der Waals surface area (Å²) in [5, 5.41) is 12.4. The highest BCUT2D eigenvalue weighted by atomic mass is 16.3. The lowest BCUT2D eigenvalue weighted by Gasteiger charge is -2.36. The predicted octanol–water partition coefficient (Wildman–Crippen LogP) is 1.03. The molecule has 0 aromatic carbocycles. The minimum atomic E-state index is -0.450. The zero-order chi connectivity index (χ0) is 12.9. The summed E-state index contributed by atoms with van der Waals surface area (Å²) in [6.45, 7) is 4.59. The third kappa shape index (κ3) is 3.96. The molecule has 17 heavy (non-hydrogen) atoms. The van der Waals surface area contributed by atoms with E-state index in [0.717, 1.165) is 25.7 Å². The van der Waals surface area contributed by atoms with Gasteiger partial charge in [-0.1, -0.05) is 33.1 Å². The van der Waals surface area contributed by atoms with Gasteiger partial charge in [0.05, 0.1) is 12.6 Å². The Morgan fingerprint density at radius 3 is 2.41 bits per heavy atom. The van der Waals surface area contributed by atoms with Crippen molar-refractivity contribution in [2.75, 3.05) is 13.2 Å². The average Bonchev–Trinajstić information content (AvgIpc) is 2.36. The van der Waals surface area contributed by atoms with E-state index in [1.165, 1.54) is 6.42 Å². The van der Waals surface area contributed by atoms with E-state index in [-0.39, 0.29) is 23.8 Å². The highest BCUT2D eigenvalue weighted by Gasteiger charge is 2.32. The SMILES string of the molecule is CC(C)[C@@H](N)C(=O)NCC1(CO)CCCCC1. The van der Waals surface area contributed by atoms with E-state index in [0.29, 0.717) is 6.54 Å². The third-order valence-corrected chi connectivity index (χ3v) is 3.91. The van der Waals surface area contributed by atoms with Crippen LogP contribution in [0.2, 0.25) is 0 Å². The Kier molecular flexibility index (Phi) is 5.40. The Hall–Kier alpha value is -0.610. The van der Waals surface area contributed by atoms with Crippen molar-refractivity contribution in [2.24, 2.45) is 17.1 Å². The lowest BCUT2D eigenvalue weighted by Crippen LogP contribution is -2.48. The van der Waals surface area contributed by atoms with E-state index in [1.54, 1.807) is 0 Å². The summed E-state index contributed by atoms with van der Waals surface area (Å²) in [6, 6.07) is -0.450. The Labute approximate surface area is 104 Å². The van der Waals surface area contributed by atoms with Gasteiger partial charge in [-0.05, 0) is 18.8 Å². The molecule has 1 atom stereocenters. The first-order valence-corrected chi connectivity index (χ1v) is 6.65. The summed E-state index contributed by atoms with van der Waals surface area (Å²) < 4.78 is 0. The number of aliphatic hydroxyl groups is 1. The number of carbonyl (C=O) groups excluding carboxylic acids is 1. The molecule has 4 N–H and O–H groups in total. The fourth-order valence-corrected chi connectivity index (χ4v) is 2.39. The normalized spacial score (nSPS) is 21.2. The maximum absolute atomic E-state index is 11.8. The topological polar surface area (TPSA) is 75.4 Å². The summed E-state index contributed by atoms with van der Waals surface area (Å²) in [5.41, 5.74) is 5.68. The van der Waals surface area contributed by atoms with Crippen molar-refractivity contribution in [2.45, 2.75) is 52.0 Å². The van der Waals surface area contributed by atoms with Gasteiger partial charge in [0.1, 0.15) is 0 Å². The molecular formula is C13H26N2O2. The number of nitrogens with two attached hydrogens (primary N) is 1. The summed E-state index contributed by atoms with van der Waals surface area (Å²) in [5.74, 6) is 0.0461. The smallest absolute Gasteiger partial charge is 0.237 e. The first-order chi connectivity index (χ1) is 8.01. The zero-order valence-electron chi connectivity index (χ0n) is 11.0. The lowest BCUT2D eigenvalue weighted by molar-refractivity contribution is -0.124. The number of aliphatic hydroxyl groups excluding tert-OH is 1. The van der Waals surface area contributed by atoms with E-state index < -0.39 is 6.04 Å². The van der Waals surface area contributed by atoms with Gasteiger partial charge in [-0.2, -0.15) is 0 Å². The number of carbonyl (C=O) groups is 1. The summed E-state index contributed by atoms with van der Waals surface area (Å²) in [7, 11) is 0. The third-order valence-electron chi connectivity index (χ3n) is 3.91. The highest BCUT2D eigenvalue weighted by molar-refractivity contribution is 5.81. The molecule has 1 aliphatic rings. The molecule has 0 aromatic heterocycles. The van der Waals surface area contributed by atoms with Crippen LogP contribution in [0.15, 0.2) is 0 Å². The van der Waals surface area contributed by atoms with Gasteiger partial charge in [0, 0.05) is 12.0 Å². The first-order valence-electron chi connectivity index (χ1n) is 6.65. The molecule has 0 saturated heterocycles. The molecule has 0 spiro atoms. The molecular weight excluding hydrogens is 216 g/mol. The van der Waals surface area contributed by atoms with Crippen LogP contribution in [0.1, 0.15) is 46.0 Å². The minimum absolute atomic E-state index is 0.0987. The van der Waals surface area contributed by atoms with Crippen molar-refractivity contribution >= 4 is 5.91 Å². The Bertz CT molecular complexity index is 248. The molecule has 1 fully saturated rings. The van der Waals surface area contributed by atoms with Crippen LogP contribution in [0.5, 0.6) is 0 Å². The molecule has 1 amide bonds. The van der Waals surface area contributed by atoms with Crippen molar-refractivity contribution in [1.29, 1.82) is 0 Å². The van der Waals surface area contributed by atoms with Crippen LogP contribution in [0, 0.1) is 11.3 Å². The second kappa shape index (κ2) is 6.36. The Morgan fingerprint density at radius 2 is 1.94 bits per heavy atom. The van der Waals surface area contributed by atoms with Gasteiger partial charge in [0.15, 0.2) is 0 Å². The van der Waals surface area contributed by atoms with Gasteiger partial charge >= 0.3 is 0 Å². The summed E-state index contributed by atoms with van der Waals surface area (Å²) >= 11 is 0. The maximum Gasteiger partial charge on any atom is 0.237 e. The molecule has 0 bridgehead atoms. The first kappa shape index (κ1) is 14.5. The van der Waals surface area contributed by atoms with Crippen LogP contribution in [-0.2, 0) is 4.79 Å². The molecule has 0 unspecified atom stereocenters. The number of hydrogen-bond donors (Lipinski definition) is 3. The molecule has 0 radical (unpaired) electrons. The zero-order valence-corrected chi connectivity index (χ0v) is 11.0. The number of amides is 1. The van der Waals surface area contributed by atoms with Crippen molar-refractivity contribution in [3.05, 3.63) is 0 Å². The van der Waals surface area contributed by atoms with Crippen LogP contribution >= 0.6 is 0 Å². The monoisotopic (exact) mass is 242 g/mol. The molecule has 0 aromatic rings. The Balaban J connectivity index is 2.44. The predicted molar refractivity (Wildman–Crippen MR) is 68.4 cm³/mol. The lowest BCUT2D eigenvalue weighted by atomic mass is 9.74. The molecule has 0 aliphatic heterocycles. The molecule has 1 rings (SSSR count). The second-order valence-electron chi connectivity index (χ2n) is 5.71. The molecule has 0 heterocycles. The van der Waals surface area contributed by atoms with Crippen LogP contribution in [0.25, 0.3) is 0 Å². The van der Waals surface area contributed by atoms with E-state index in [9.17, 15) is 9.90 Å². The average molecular weight is 242 g/mol. The van der Waals surface area contributed by atoms with Gasteiger partial charge in [0.25, 0.3) is 0 Å². The number of nitrogens with one attached hydrogen (secondary N) is 1. The Morgan fingerprint density at radius 1 is 1.35 bits per heavy atom. The van der Waals surface area contributed by atoms with Crippen molar-refractivity contribution in [3.8, 4) is 0 Å². The van der Waals surface area contributed by atoms with Crippen molar-refractivity contribution < 1.29 is 9.90 Å². The second-order valence-corrected chi connectivity index (χ2v) is 5.71. The standard InChI is InChI=1S/C13H26N2O2/c1-10(2)11(14)12(17)15-8-13(9-16)6-4-3-5-7-13/h10-11,16H,3-9,14H2,1-2H3,(H,15,17)/t11-/m1/s1. The van der Waals surface area contributed by atoms with Crippen LogP contribution in [0.4, 0.5) is 0 Å². The van der Waals surface area contributed by atoms with Crippen molar-refractivity contribution in [1.82, 2.24) is 5.32 Å².